The normalized spacial score (nSPS) is 15.7. The zero-order valence-corrected chi connectivity index (χ0v) is 54.9. The van der Waals surface area contributed by atoms with Crippen LogP contribution < -0.4 is 0 Å². The molecule has 1 aliphatic heterocycles. The smallest absolute Gasteiger partial charge is 0.508 e. The molecule has 73 heavy (non-hydrogen) atoms. The number of hydrogen-bond acceptors (Lipinski definition) is 7. The quantitative estimate of drug-likeness (QED) is 0.153. The van der Waals surface area contributed by atoms with Gasteiger partial charge in [-0.1, -0.05) is 215 Å². The molecule has 5 rings (SSSR count). The van der Waals surface area contributed by atoms with Crippen LogP contribution in [0.2, 0.25) is 0 Å². The molecule has 0 bridgehead atoms. The molecule has 0 unspecified atom stereocenters. The van der Waals surface area contributed by atoms with Gasteiger partial charge in [-0.3, -0.25) is 14.7 Å². The first-order chi connectivity index (χ1) is 32.4. The fourth-order valence-corrected chi connectivity index (χ4v) is 9.44. The Labute approximate surface area is 470 Å². The molecule has 0 atom stereocenters. The van der Waals surface area contributed by atoms with E-state index in [0.29, 0.717) is 42.6 Å². The molecule has 1 aliphatic rings. The van der Waals surface area contributed by atoms with E-state index in [1.807, 2.05) is 6.07 Å². The van der Waals surface area contributed by atoms with Crippen LogP contribution >= 0.6 is 0 Å². The predicted octanol–water partition coefficient (Wildman–Crippen LogP) is 15.4. The van der Waals surface area contributed by atoms with E-state index in [2.05, 4.69) is 223 Å². The fraction of sp³-hybridized carbons (Fsp3) is 0.631. The van der Waals surface area contributed by atoms with Crippen molar-refractivity contribution in [2.24, 2.45) is 0 Å². The molecule has 1 heterocycles. The molecule has 4 aromatic carbocycles. The molecular formula is C65H103N3O4U+3. The Morgan fingerprint density at radius 3 is 0.726 bits per heavy atom. The Balaban J connectivity index is 0.000000752. The Kier molecular flexibility index (Phi) is 20.5. The van der Waals surface area contributed by atoms with Crippen molar-refractivity contribution in [3.05, 3.63) is 116 Å². The molecule has 403 valence electrons. The monoisotopic (exact) mass is 1230 g/mol. The van der Waals surface area contributed by atoms with Gasteiger partial charge in [0, 0.05) is 75.6 Å². The van der Waals surface area contributed by atoms with Crippen molar-refractivity contribution in [2.75, 3.05) is 39.3 Å². The summed E-state index contributed by atoms with van der Waals surface area (Å²) in [4.78, 5) is 7.49. The summed E-state index contributed by atoms with van der Waals surface area (Å²) in [5.74, 6) is 1.61. The number of rotatable bonds is 6. The summed E-state index contributed by atoms with van der Waals surface area (Å²) in [6, 6.07) is 19.2. The molecule has 0 aliphatic carbocycles. The zero-order chi connectivity index (χ0) is 55.1. The van der Waals surface area contributed by atoms with Gasteiger partial charge < -0.3 is 20.4 Å². The Morgan fingerprint density at radius 1 is 0.301 bits per heavy atom. The summed E-state index contributed by atoms with van der Waals surface area (Å²) >= 11 is 0. The van der Waals surface area contributed by atoms with E-state index in [9.17, 15) is 20.4 Å². The molecule has 8 heteroatoms. The molecule has 1 saturated heterocycles. The summed E-state index contributed by atoms with van der Waals surface area (Å²) < 4.78 is 0. The Hall–Kier alpha value is -2.99. The molecule has 4 N–H and O–H groups in total. The molecule has 7 nitrogen and oxygen atoms in total. The molecule has 4 aromatic rings. The van der Waals surface area contributed by atoms with Gasteiger partial charge in [0.05, 0.1) is 0 Å². The van der Waals surface area contributed by atoms with Crippen LogP contribution in [0.25, 0.3) is 0 Å². The number of phenols is 4. The average molecular weight is 1230 g/mol. The van der Waals surface area contributed by atoms with E-state index in [1.165, 1.54) is 22.3 Å². The van der Waals surface area contributed by atoms with Gasteiger partial charge in [-0.25, -0.2) is 0 Å². The fourth-order valence-electron chi connectivity index (χ4n) is 9.44. The first kappa shape index (κ1) is 64.3. The van der Waals surface area contributed by atoms with E-state index in [1.54, 1.807) is 6.07 Å². The van der Waals surface area contributed by atoms with Crippen LogP contribution in [0.1, 0.15) is 227 Å². The summed E-state index contributed by atoms with van der Waals surface area (Å²) in [6.45, 7) is 59.6. The van der Waals surface area contributed by atoms with Crippen LogP contribution in [-0.4, -0.2) is 74.4 Å². The van der Waals surface area contributed by atoms with Crippen molar-refractivity contribution in [3.8, 4) is 23.0 Å². The summed E-state index contributed by atoms with van der Waals surface area (Å²) in [5.41, 5.74) is 11.2. The Morgan fingerprint density at radius 2 is 0.521 bits per heavy atom. The molecule has 1 fully saturated rings. The number of aromatic hydroxyl groups is 4. The minimum Gasteiger partial charge on any atom is -0.508 e. The van der Waals surface area contributed by atoms with Gasteiger partial charge in [0.1, 0.15) is 23.0 Å². The van der Waals surface area contributed by atoms with E-state index in [0.717, 1.165) is 78.2 Å². The van der Waals surface area contributed by atoms with E-state index in [4.69, 9.17) is 0 Å². The minimum atomic E-state index is -0.202. The zero-order valence-electron chi connectivity index (χ0n) is 50.7. The van der Waals surface area contributed by atoms with Crippen LogP contribution in [0.15, 0.2) is 54.6 Å². The average Bonchev–Trinajstić information content (AvgIpc) is 3.27. The van der Waals surface area contributed by atoms with Gasteiger partial charge in [0.25, 0.3) is 0 Å². The van der Waals surface area contributed by atoms with E-state index < -0.39 is 0 Å². The second-order valence-electron chi connectivity index (χ2n) is 29.7. The van der Waals surface area contributed by atoms with Gasteiger partial charge in [-0.2, -0.15) is 0 Å². The van der Waals surface area contributed by atoms with Crippen molar-refractivity contribution in [1.82, 2.24) is 14.7 Å². The summed E-state index contributed by atoms with van der Waals surface area (Å²) in [7, 11) is 0. The van der Waals surface area contributed by atoms with Gasteiger partial charge in [-0.15, -0.1) is 0 Å². The Bertz CT molecular complexity index is 2260. The maximum atomic E-state index is 11.8. The third kappa shape index (κ3) is 17.5. The number of hydrogen-bond donors (Lipinski definition) is 4. The number of phenolic OH excluding ortho intramolecular Hbond substituents is 4. The van der Waals surface area contributed by atoms with Crippen LogP contribution in [0.3, 0.4) is 0 Å². The van der Waals surface area contributed by atoms with Crippen LogP contribution in [-0.2, 0) is 63.0 Å². The van der Waals surface area contributed by atoms with Crippen LogP contribution in [0.5, 0.6) is 23.0 Å². The van der Waals surface area contributed by atoms with Crippen molar-refractivity contribution in [1.29, 1.82) is 0 Å². The summed E-state index contributed by atoms with van der Waals surface area (Å²) in [6.07, 6.45) is 0. The SMILES string of the molecule is CC(C)(C)c1cc(CN2CCN(Cc3cc(C(C)(C)C)cc(C(C)(C)C)c3O)CCN(Cc3cc(C(C)(C)C)cc(C(C)(C)C)c3O)CC2)c(O)c(C(C)(C)C)c1.CC(C)(C)c1ccc(O)c(C(C)(C)C)c1.[U+3]. The standard InChI is InChI=1S/C51H81N3O3.C14H22O.U/c1-46(2,3)37-25-34(43(55)40(28-37)49(10,11)12)31-52-19-21-53(32-35-26-38(47(4,5)6)29-41(44(35)56)50(13,14)15)23-24-54(22-20-52)33-36-27-39(48(7,8)9)30-42(45(36)57)51(16,17)18;1-13(2,3)10-7-8-12(15)11(9-10)14(4,5)6;/h25-30,55-57H,19-24,31-33H2,1-18H3;7-9,15H,1-6H3;/q;;+3. The number of nitrogens with zero attached hydrogens (tertiary/aromatic N) is 3. The molecule has 0 amide bonds. The molecule has 0 aromatic heterocycles. The largest absolute Gasteiger partial charge is 3.00 e. The van der Waals surface area contributed by atoms with Gasteiger partial charge in [0.15, 0.2) is 0 Å². The van der Waals surface area contributed by atoms with Crippen molar-refractivity contribution < 1.29 is 51.5 Å². The third-order valence-electron chi connectivity index (χ3n) is 14.6. The predicted molar refractivity (Wildman–Crippen MR) is 308 cm³/mol. The van der Waals surface area contributed by atoms with Crippen LogP contribution in [0.4, 0.5) is 0 Å². The van der Waals surface area contributed by atoms with Crippen molar-refractivity contribution >= 4 is 0 Å². The maximum Gasteiger partial charge on any atom is 3.00 e. The second-order valence-corrected chi connectivity index (χ2v) is 29.7. The van der Waals surface area contributed by atoms with Crippen molar-refractivity contribution in [2.45, 2.75) is 229 Å². The minimum absolute atomic E-state index is 0. The van der Waals surface area contributed by atoms with Crippen LogP contribution in [0, 0.1) is 31.1 Å². The summed E-state index contributed by atoms with van der Waals surface area (Å²) in [5, 5.41) is 45.4. The molecule has 0 saturated carbocycles. The van der Waals surface area contributed by atoms with Gasteiger partial charge >= 0.3 is 31.1 Å². The first-order valence-electron chi connectivity index (χ1n) is 27.0. The first-order valence-corrected chi connectivity index (χ1v) is 27.0. The van der Waals surface area contributed by atoms with E-state index in [-0.39, 0.29) is 74.4 Å². The number of benzene rings is 4. The van der Waals surface area contributed by atoms with Gasteiger partial charge in [0.2, 0.25) is 0 Å². The molecular weight excluding hydrogens is 1120 g/mol. The van der Waals surface area contributed by atoms with Crippen molar-refractivity contribution in [3.63, 3.8) is 0 Å². The van der Waals surface area contributed by atoms with Gasteiger partial charge in [-0.05, 0) is 93.9 Å². The topological polar surface area (TPSA) is 90.6 Å². The molecule has 0 spiro atoms. The molecule has 1 radical (unpaired) electrons. The van der Waals surface area contributed by atoms with E-state index >= 15 is 0 Å². The second kappa shape index (κ2) is 23.3. The maximum absolute atomic E-state index is 11.8. The third-order valence-corrected chi connectivity index (χ3v) is 14.6.